The number of rotatable bonds is 6. The van der Waals surface area contributed by atoms with Crippen molar-refractivity contribution in [2.75, 3.05) is 11.1 Å². The molecule has 0 aliphatic carbocycles. The molecule has 0 fully saturated rings. The molecule has 1 unspecified atom stereocenters. The molecule has 1 heterocycles. The summed E-state index contributed by atoms with van der Waals surface area (Å²) >= 11 is 8.99. The molecule has 3 aromatic rings. The van der Waals surface area contributed by atoms with Gasteiger partial charge >= 0.3 is 0 Å². The molecule has 0 bridgehead atoms. The lowest BCUT2D eigenvalue weighted by molar-refractivity contribution is -0.113. The molecule has 0 spiro atoms. The van der Waals surface area contributed by atoms with Gasteiger partial charge in [-0.3, -0.25) is 4.79 Å². The molecule has 1 aromatic heterocycles. The number of halogens is 1. The fourth-order valence-corrected chi connectivity index (χ4v) is 4.01. The molecule has 24 heavy (non-hydrogen) atoms. The van der Waals surface area contributed by atoms with Crippen LogP contribution in [0.3, 0.4) is 0 Å². The number of carbonyl (C=O) groups is 1. The average molecular weight is 375 g/mol. The van der Waals surface area contributed by atoms with Crippen molar-refractivity contribution in [3.05, 3.63) is 82.3 Å². The van der Waals surface area contributed by atoms with Gasteiger partial charge in [-0.15, -0.1) is 23.1 Å². The molecule has 0 radical (unpaired) electrons. The Morgan fingerprint density at radius 2 is 1.83 bits per heavy atom. The third kappa shape index (κ3) is 4.60. The molecule has 0 aliphatic rings. The topological polar surface area (TPSA) is 42.0 Å². The minimum Gasteiger partial charge on any atom is -0.301 e. The third-order valence-corrected chi connectivity index (χ3v) is 5.58. The Morgan fingerprint density at radius 1 is 1.12 bits per heavy atom. The van der Waals surface area contributed by atoms with Gasteiger partial charge in [-0.25, -0.2) is 4.98 Å². The number of hydrogen-bond acceptors (Lipinski definition) is 4. The van der Waals surface area contributed by atoms with E-state index in [1.165, 1.54) is 11.3 Å². The highest BCUT2D eigenvalue weighted by Gasteiger charge is 2.16. The zero-order chi connectivity index (χ0) is 16.8. The first-order valence-corrected chi connectivity index (χ1v) is 9.64. The summed E-state index contributed by atoms with van der Waals surface area (Å²) in [7, 11) is 0. The Morgan fingerprint density at radius 3 is 2.50 bits per heavy atom. The summed E-state index contributed by atoms with van der Waals surface area (Å²) in [5.41, 5.74) is 2.28. The highest BCUT2D eigenvalue weighted by atomic mass is 35.5. The van der Waals surface area contributed by atoms with Gasteiger partial charge in [0.1, 0.15) is 0 Å². The second-order valence-electron chi connectivity index (χ2n) is 5.04. The average Bonchev–Trinajstić information content (AvgIpc) is 3.10. The number of benzene rings is 2. The Labute approximate surface area is 154 Å². The molecule has 3 rings (SSSR count). The molecule has 0 saturated heterocycles. The van der Waals surface area contributed by atoms with Crippen molar-refractivity contribution < 1.29 is 4.79 Å². The van der Waals surface area contributed by atoms with Gasteiger partial charge in [-0.2, -0.15) is 0 Å². The van der Waals surface area contributed by atoms with E-state index in [0.717, 1.165) is 11.1 Å². The summed E-state index contributed by atoms with van der Waals surface area (Å²) in [5.74, 6) is 0.298. The zero-order valence-corrected chi connectivity index (χ0v) is 15.1. The van der Waals surface area contributed by atoms with E-state index in [9.17, 15) is 4.79 Å². The van der Waals surface area contributed by atoms with Gasteiger partial charge in [-0.05, 0) is 23.3 Å². The van der Waals surface area contributed by atoms with Gasteiger partial charge < -0.3 is 5.32 Å². The van der Waals surface area contributed by atoms with Gasteiger partial charge in [-0.1, -0.05) is 54.1 Å². The van der Waals surface area contributed by atoms with Crippen LogP contribution in [0.5, 0.6) is 0 Å². The normalized spacial score (nSPS) is 11.9. The van der Waals surface area contributed by atoms with Gasteiger partial charge in [0.2, 0.25) is 5.91 Å². The van der Waals surface area contributed by atoms with E-state index < -0.39 is 0 Å². The summed E-state index contributed by atoms with van der Waals surface area (Å²) in [5, 5.41) is 6.06. The number of nitrogens with zero attached hydrogens (tertiary/aromatic N) is 1. The summed E-state index contributed by atoms with van der Waals surface area (Å²) in [6, 6.07) is 17.9. The number of thioether (sulfide) groups is 1. The lowest BCUT2D eigenvalue weighted by atomic mass is 10.0. The van der Waals surface area contributed by atoms with Crippen LogP contribution in [0.25, 0.3) is 0 Å². The van der Waals surface area contributed by atoms with E-state index >= 15 is 0 Å². The Balaban J connectivity index is 1.73. The number of hydrogen-bond donors (Lipinski definition) is 1. The van der Waals surface area contributed by atoms with Crippen LogP contribution in [0.4, 0.5) is 5.13 Å². The van der Waals surface area contributed by atoms with Crippen LogP contribution in [-0.2, 0) is 4.79 Å². The van der Waals surface area contributed by atoms with Gasteiger partial charge in [0, 0.05) is 16.6 Å². The van der Waals surface area contributed by atoms with Gasteiger partial charge in [0.05, 0.1) is 11.0 Å². The van der Waals surface area contributed by atoms with Crippen molar-refractivity contribution in [3.63, 3.8) is 0 Å². The third-order valence-electron chi connectivity index (χ3n) is 3.33. The number of thiazole rings is 1. The molecule has 1 N–H and O–H groups in total. The van der Waals surface area contributed by atoms with Crippen LogP contribution in [0.2, 0.25) is 5.02 Å². The fourth-order valence-electron chi connectivity index (χ4n) is 2.25. The van der Waals surface area contributed by atoms with Crippen LogP contribution >= 0.6 is 34.7 Å². The molecule has 0 aliphatic heterocycles. The van der Waals surface area contributed by atoms with Crippen LogP contribution < -0.4 is 5.32 Å². The molecule has 6 heteroatoms. The van der Waals surface area contributed by atoms with Crippen molar-refractivity contribution in [1.82, 2.24) is 4.98 Å². The van der Waals surface area contributed by atoms with E-state index in [-0.39, 0.29) is 11.2 Å². The SMILES string of the molecule is O=C(CSC(c1ccccc1)c1ccc(Cl)cc1)Nc1nccs1. The molecular weight excluding hydrogens is 360 g/mol. The first-order valence-electron chi connectivity index (χ1n) is 7.34. The van der Waals surface area contributed by atoms with Crippen molar-refractivity contribution in [2.24, 2.45) is 0 Å². The maximum absolute atomic E-state index is 12.1. The second-order valence-corrected chi connectivity index (χ2v) is 7.46. The van der Waals surface area contributed by atoms with Crippen LogP contribution in [0, 0.1) is 0 Å². The summed E-state index contributed by atoms with van der Waals surface area (Å²) in [6.45, 7) is 0. The number of nitrogens with one attached hydrogen (secondary N) is 1. The minimum absolute atomic E-state index is 0.0511. The van der Waals surface area contributed by atoms with E-state index in [1.54, 1.807) is 18.0 Å². The molecule has 3 nitrogen and oxygen atoms in total. The maximum Gasteiger partial charge on any atom is 0.236 e. The molecule has 0 saturated carbocycles. The standard InChI is InChI=1S/C18H15ClN2OS2/c19-15-8-6-14(7-9-15)17(13-4-2-1-3-5-13)24-12-16(22)21-18-20-10-11-23-18/h1-11,17H,12H2,(H,20,21,22). The highest BCUT2D eigenvalue weighted by Crippen LogP contribution is 2.36. The Kier molecular flexibility index (Phi) is 5.91. The first-order chi connectivity index (χ1) is 11.7. The molecular formula is C18H15ClN2OS2. The molecule has 1 atom stereocenters. The van der Waals surface area contributed by atoms with Crippen LogP contribution in [0.15, 0.2) is 66.2 Å². The Hall–Kier alpha value is -1.82. The van der Waals surface area contributed by atoms with Crippen molar-refractivity contribution in [1.29, 1.82) is 0 Å². The van der Waals surface area contributed by atoms with E-state index in [4.69, 9.17) is 11.6 Å². The monoisotopic (exact) mass is 374 g/mol. The summed E-state index contributed by atoms with van der Waals surface area (Å²) in [4.78, 5) is 16.2. The molecule has 2 aromatic carbocycles. The molecule has 1 amide bonds. The number of anilines is 1. The van der Waals surface area contributed by atoms with Crippen LogP contribution in [-0.4, -0.2) is 16.6 Å². The van der Waals surface area contributed by atoms with Crippen molar-refractivity contribution >= 4 is 45.7 Å². The van der Waals surface area contributed by atoms with Crippen LogP contribution in [0.1, 0.15) is 16.4 Å². The number of amides is 1. The first kappa shape index (κ1) is 17.0. The maximum atomic E-state index is 12.1. The predicted molar refractivity (Wildman–Crippen MR) is 103 cm³/mol. The minimum atomic E-state index is -0.0511. The Bertz CT molecular complexity index is 777. The zero-order valence-electron chi connectivity index (χ0n) is 12.7. The molecule has 122 valence electrons. The lowest BCUT2D eigenvalue weighted by Crippen LogP contribution is -2.15. The largest absolute Gasteiger partial charge is 0.301 e. The fraction of sp³-hybridized carbons (Fsp3) is 0.111. The van der Waals surface area contributed by atoms with Gasteiger partial charge in [0.15, 0.2) is 5.13 Å². The second kappa shape index (κ2) is 8.33. The highest BCUT2D eigenvalue weighted by molar-refractivity contribution is 8.00. The quantitative estimate of drug-likeness (QED) is 0.640. The smallest absolute Gasteiger partial charge is 0.236 e. The van der Waals surface area contributed by atoms with E-state index in [2.05, 4.69) is 22.4 Å². The van der Waals surface area contributed by atoms with E-state index in [0.29, 0.717) is 15.9 Å². The lowest BCUT2D eigenvalue weighted by Gasteiger charge is -2.17. The van der Waals surface area contributed by atoms with Gasteiger partial charge in [0.25, 0.3) is 0 Å². The summed E-state index contributed by atoms with van der Waals surface area (Å²) < 4.78 is 0. The van der Waals surface area contributed by atoms with Crippen molar-refractivity contribution in [3.8, 4) is 0 Å². The summed E-state index contributed by atoms with van der Waals surface area (Å²) in [6.07, 6.45) is 1.67. The number of carbonyl (C=O) groups excluding carboxylic acids is 1. The van der Waals surface area contributed by atoms with Crippen molar-refractivity contribution in [2.45, 2.75) is 5.25 Å². The van der Waals surface area contributed by atoms with E-state index in [1.807, 2.05) is 47.8 Å². The number of aromatic nitrogens is 1. The predicted octanol–water partition coefficient (Wildman–Crippen LogP) is 5.26.